The van der Waals surface area contributed by atoms with Crippen LogP contribution in [0.3, 0.4) is 0 Å². The van der Waals surface area contributed by atoms with E-state index in [1.165, 1.54) is 18.3 Å². The topological polar surface area (TPSA) is 79.3 Å². The zero-order valence-electron chi connectivity index (χ0n) is 9.93. The molecule has 2 rings (SSSR count). The number of benzene rings is 1. The number of halogens is 2. The van der Waals surface area contributed by atoms with Crippen molar-refractivity contribution in [3.05, 3.63) is 57.8 Å². The second kappa shape index (κ2) is 5.90. The number of carboxylic acid groups (broad SMARTS) is 1. The summed E-state index contributed by atoms with van der Waals surface area (Å²) in [5, 5.41) is 12.0. The average molecular weight is 311 g/mol. The first-order chi connectivity index (χ1) is 9.50. The van der Waals surface area contributed by atoms with E-state index in [-0.39, 0.29) is 27.0 Å². The molecule has 1 amide bonds. The van der Waals surface area contributed by atoms with Crippen LogP contribution in [0, 0.1) is 0 Å². The highest BCUT2D eigenvalue weighted by molar-refractivity contribution is 6.40. The number of anilines is 1. The number of pyridine rings is 1. The van der Waals surface area contributed by atoms with E-state index < -0.39 is 11.9 Å². The second-order valence-corrected chi connectivity index (χ2v) is 4.57. The third-order valence-corrected chi connectivity index (χ3v) is 3.08. The fourth-order valence-corrected chi connectivity index (χ4v) is 2.04. The highest BCUT2D eigenvalue weighted by Gasteiger charge is 2.19. The Kier molecular flexibility index (Phi) is 4.22. The maximum atomic E-state index is 12.1. The van der Waals surface area contributed by atoms with Crippen LogP contribution in [0.25, 0.3) is 0 Å². The van der Waals surface area contributed by atoms with Gasteiger partial charge in [-0.15, -0.1) is 0 Å². The first-order valence-electron chi connectivity index (χ1n) is 5.44. The number of carbonyl (C=O) groups is 2. The van der Waals surface area contributed by atoms with Gasteiger partial charge in [-0.2, -0.15) is 0 Å². The number of rotatable bonds is 3. The maximum absolute atomic E-state index is 12.1. The molecular weight excluding hydrogens is 303 g/mol. The average Bonchev–Trinajstić information content (AvgIpc) is 2.43. The Bertz CT molecular complexity index is 669. The fraction of sp³-hybridized carbons (Fsp3) is 0. The summed E-state index contributed by atoms with van der Waals surface area (Å²) in [5.41, 5.74) is -0.202. The molecule has 5 nitrogen and oxygen atoms in total. The Morgan fingerprint density at radius 3 is 2.35 bits per heavy atom. The van der Waals surface area contributed by atoms with Gasteiger partial charge in [0.15, 0.2) is 0 Å². The number of aromatic carboxylic acids is 1. The number of aromatic nitrogens is 1. The SMILES string of the molecule is O=C(O)c1cccnc1C(=O)Nc1c(Cl)cccc1Cl. The largest absolute Gasteiger partial charge is 0.478 e. The molecule has 0 fully saturated rings. The summed E-state index contributed by atoms with van der Waals surface area (Å²) >= 11 is 11.9. The molecule has 1 heterocycles. The molecule has 0 aliphatic heterocycles. The van der Waals surface area contributed by atoms with E-state index in [1.807, 2.05) is 0 Å². The molecule has 0 spiro atoms. The summed E-state index contributed by atoms with van der Waals surface area (Å²) in [6, 6.07) is 7.46. The number of amides is 1. The van der Waals surface area contributed by atoms with Gasteiger partial charge in [-0.3, -0.25) is 9.78 Å². The smallest absolute Gasteiger partial charge is 0.338 e. The zero-order chi connectivity index (χ0) is 14.7. The van der Waals surface area contributed by atoms with Crippen molar-refractivity contribution < 1.29 is 14.7 Å². The van der Waals surface area contributed by atoms with E-state index in [1.54, 1.807) is 18.2 Å². The van der Waals surface area contributed by atoms with Gasteiger partial charge in [0.1, 0.15) is 5.69 Å². The van der Waals surface area contributed by atoms with E-state index in [4.69, 9.17) is 28.3 Å². The van der Waals surface area contributed by atoms with Crippen molar-refractivity contribution in [1.82, 2.24) is 4.98 Å². The molecule has 2 N–H and O–H groups in total. The lowest BCUT2D eigenvalue weighted by atomic mass is 10.2. The van der Waals surface area contributed by atoms with Crippen molar-refractivity contribution in [3.8, 4) is 0 Å². The van der Waals surface area contributed by atoms with Crippen LogP contribution in [0.15, 0.2) is 36.5 Å². The van der Waals surface area contributed by atoms with Gasteiger partial charge in [0.25, 0.3) is 5.91 Å². The Hall–Kier alpha value is -2.11. The number of carbonyl (C=O) groups excluding carboxylic acids is 1. The fourth-order valence-electron chi connectivity index (χ4n) is 1.55. The molecule has 1 aromatic carbocycles. The molecule has 7 heteroatoms. The van der Waals surface area contributed by atoms with Crippen LogP contribution >= 0.6 is 23.2 Å². The summed E-state index contributed by atoms with van der Waals surface area (Å²) < 4.78 is 0. The van der Waals surface area contributed by atoms with Gasteiger partial charge < -0.3 is 10.4 Å². The first-order valence-corrected chi connectivity index (χ1v) is 6.20. The lowest BCUT2D eigenvalue weighted by Crippen LogP contribution is -2.18. The predicted octanol–water partition coefficient (Wildman–Crippen LogP) is 3.34. The van der Waals surface area contributed by atoms with Gasteiger partial charge in [-0.25, -0.2) is 4.79 Å². The predicted molar refractivity (Wildman–Crippen MR) is 75.6 cm³/mol. The standard InChI is InChI=1S/C13H8Cl2N2O3/c14-8-4-1-5-9(15)11(8)17-12(18)10-7(13(19)20)3-2-6-16-10/h1-6H,(H,17,18)(H,19,20). The van der Waals surface area contributed by atoms with Crippen molar-refractivity contribution in [2.24, 2.45) is 0 Å². The number of hydrogen-bond donors (Lipinski definition) is 2. The van der Waals surface area contributed by atoms with E-state index in [2.05, 4.69) is 10.3 Å². The van der Waals surface area contributed by atoms with E-state index in [9.17, 15) is 9.59 Å². The quantitative estimate of drug-likeness (QED) is 0.911. The molecule has 0 saturated heterocycles. The second-order valence-electron chi connectivity index (χ2n) is 3.76. The van der Waals surface area contributed by atoms with Gasteiger partial charge in [-0.05, 0) is 24.3 Å². The van der Waals surface area contributed by atoms with Crippen molar-refractivity contribution in [2.45, 2.75) is 0 Å². The Morgan fingerprint density at radius 2 is 1.75 bits per heavy atom. The van der Waals surface area contributed by atoms with E-state index in [0.29, 0.717) is 0 Å². The van der Waals surface area contributed by atoms with Gasteiger partial charge in [0.05, 0.1) is 21.3 Å². The molecule has 0 aliphatic rings. The van der Waals surface area contributed by atoms with Gasteiger partial charge in [0.2, 0.25) is 0 Å². The normalized spacial score (nSPS) is 10.1. The number of para-hydroxylation sites is 1. The summed E-state index contributed by atoms with van der Waals surface area (Å²) in [5.74, 6) is -1.94. The molecular formula is C13H8Cl2N2O3. The lowest BCUT2D eigenvalue weighted by Gasteiger charge is -2.09. The lowest BCUT2D eigenvalue weighted by molar-refractivity contribution is 0.0691. The third-order valence-electron chi connectivity index (χ3n) is 2.45. The summed E-state index contributed by atoms with van der Waals surface area (Å²) in [6.07, 6.45) is 1.33. The van der Waals surface area contributed by atoms with Gasteiger partial charge in [-0.1, -0.05) is 29.3 Å². The van der Waals surface area contributed by atoms with Gasteiger partial charge >= 0.3 is 5.97 Å². The first kappa shape index (κ1) is 14.3. The number of hydrogen-bond acceptors (Lipinski definition) is 3. The summed E-state index contributed by atoms with van der Waals surface area (Å²) in [6.45, 7) is 0. The highest BCUT2D eigenvalue weighted by Crippen LogP contribution is 2.30. The Morgan fingerprint density at radius 1 is 1.10 bits per heavy atom. The maximum Gasteiger partial charge on any atom is 0.338 e. The minimum Gasteiger partial charge on any atom is -0.478 e. The molecule has 20 heavy (non-hydrogen) atoms. The van der Waals surface area contributed by atoms with Crippen LogP contribution < -0.4 is 5.32 Å². The van der Waals surface area contributed by atoms with Gasteiger partial charge in [0, 0.05) is 6.20 Å². The minimum atomic E-state index is -1.24. The van der Waals surface area contributed by atoms with Crippen LogP contribution in [-0.4, -0.2) is 22.0 Å². The molecule has 2 aromatic rings. The monoisotopic (exact) mass is 310 g/mol. The van der Waals surface area contributed by atoms with Crippen molar-refractivity contribution in [3.63, 3.8) is 0 Å². The summed E-state index contributed by atoms with van der Waals surface area (Å²) in [7, 11) is 0. The third kappa shape index (κ3) is 2.89. The molecule has 0 aliphatic carbocycles. The number of nitrogens with zero attached hydrogens (tertiary/aromatic N) is 1. The molecule has 1 aromatic heterocycles. The van der Waals surface area contributed by atoms with Crippen LogP contribution in [0.1, 0.15) is 20.8 Å². The van der Waals surface area contributed by atoms with E-state index in [0.717, 1.165) is 0 Å². The Labute approximate surface area is 124 Å². The van der Waals surface area contributed by atoms with Crippen LogP contribution in [0.5, 0.6) is 0 Å². The van der Waals surface area contributed by atoms with Crippen molar-refractivity contribution >= 4 is 40.8 Å². The van der Waals surface area contributed by atoms with Crippen LogP contribution in [0.4, 0.5) is 5.69 Å². The molecule has 0 atom stereocenters. The van der Waals surface area contributed by atoms with Crippen LogP contribution in [0.2, 0.25) is 10.0 Å². The number of nitrogens with one attached hydrogen (secondary N) is 1. The molecule has 0 radical (unpaired) electrons. The number of carboxylic acids is 1. The highest BCUT2D eigenvalue weighted by atomic mass is 35.5. The Balaban J connectivity index is 2.36. The molecule has 0 unspecified atom stereocenters. The zero-order valence-corrected chi connectivity index (χ0v) is 11.4. The molecule has 0 bridgehead atoms. The molecule has 102 valence electrons. The van der Waals surface area contributed by atoms with Crippen molar-refractivity contribution in [1.29, 1.82) is 0 Å². The summed E-state index contributed by atoms with van der Waals surface area (Å²) in [4.78, 5) is 26.9. The van der Waals surface area contributed by atoms with Crippen molar-refractivity contribution in [2.75, 3.05) is 5.32 Å². The van der Waals surface area contributed by atoms with E-state index >= 15 is 0 Å². The molecule has 0 saturated carbocycles. The minimum absolute atomic E-state index is 0.201. The van der Waals surface area contributed by atoms with Crippen LogP contribution in [-0.2, 0) is 0 Å².